The highest BCUT2D eigenvalue weighted by atomic mass is 19.1. The molecule has 2 atom stereocenters. The van der Waals surface area contributed by atoms with E-state index in [9.17, 15) is 13.9 Å². The standard InChI is InChI=1S/C13H18F2O/c1-3-5-9(2)13(16)8-10-11(14)6-4-7-12(10)15/h4,6-7,9,13,16H,3,5,8H2,1-2H3. The van der Waals surface area contributed by atoms with Gasteiger partial charge in [-0.3, -0.25) is 0 Å². The summed E-state index contributed by atoms with van der Waals surface area (Å²) in [4.78, 5) is 0. The highest BCUT2D eigenvalue weighted by molar-refractivity contribution is 5.20. The van der Waals surface area contributed by atoms with Crippen LogP contribution >= 0.6 is 0 Å². The van der Waals surface area contributed by atoms with Crippen LogP contribution in [0.4, 0.5) is 8.78 Å². The maximum Gasteiger partial charge on any atom is 0.129 e. The molecular weight excluding hydrogens is 210 g/mol. The topological polar surface area (TPSA) is 20.2 Å². The average molecular weight is 228 g/mol. The Kier molecular flexibility index (Phi) is 4.87. The van der Waals surface area contributed by atoms with Gasteiger partial charge >= 0.3 is 0 Å². The van der Waals surface area contributed by atoms with Crippen LogP contribution in [0.2, 0.25) is 0 Å². The van der Waals surface area contributed by atoms with Crippen molar-refractivity contribution in [3.05, 3.63) is 35.4 Å². The molecule has 90 valence electrons. The number of hydrogen-bond donors (Lipinski definition) is 1. The lowest BCUT2D eigenvalue weighted by molar-refractivity contribution is 0.110. The highest BCUT2D eigenvalue weighted by Gasteiger charge is 2.18. The second-order valence-electron chi connectivity index (χ2n) is 4.24. The minimum absolute atomic E-state index is 0.0158. The molecule has 2 unspecified atom stereocenters. The molecule has 1 aromatic rings. The van der Waals surface area contributed by atoms with Crippen molar-refractivity contribution in [2.45, 2.75) is 39.2 Å². The molecule has 1 nitrogen and oxygen atoms in total. The van der Waals surface area contributed by atoms with E-state index in [2.05, 4.69) is 0 Å². The van der Waals surface area contributed by atoms with Crippen LogP contribution in [0.25, 0.3) is 0 Å². The first-order valence-electron chi connectivity index (χ1n) is 5.67. The fourth-order valence-electron chi connectivity index (χ4n) is 1.79. The molecule has 0 saturated carbocycles. The summed E-state index contributed by atoms with van der Waals surface area (Å²) >= 11 is 0. The summed E-state index contributed by atoms with van der Waals surface area (Å²) in [6.07, 6.45) is 1.17. The van der Waals surface area contributed by atoms with Gasteiger partial charge in [0.15, 0.2) is 0 Å². The largest absolute Gasteiger partial charge is 0.393 e. The summed E-state index contributed by atoms with van der Waals surface area (Å²) in [6, 6.07) is 3.77. The fourth-order valence-corrected chi connectivity index (χ4v) is 1.79. The van der Waals surface area contributed by atoms with Crippen LogP contribution in [-0.4, -0.2) is 11.2 Å². The van der Waals surface area contributed by atoms with Crippen LogP contribution in [0.3, 0.4) is 0 Å². The van der Waals surface area contributed by atoms with E-state index >= 15 is 0 Å². The molecule has 0 aromatic heterocycles. The van der Waals surface area contributed by atoms with Crippen molar-refractivity contribution in [2.24, 2.45) is 5.92 Å². The first-order chi connectivity index (χ1) is 7.56. The second-order valence-corrected chi connectivity index (χ2v) is 4.24. The summed E-state index contributed by atoms with van der Waals surface area (Å²) in [5, 5.41) is 9.82. The van der Waals surface area contributed by atoms with Gasteiger partial charge in [0.1, 0.15) is 11.6 Å². The number of benzene rings is 1. The molecule has 0 heterocycles. The van der Waals surface area contributed by atoms with Gasteiger partial charge in [0.25, 0.3) is 0 Å². The number of rotatable bonds is 5. The summed E-state index contributed by atoms with van der Waals surface area (Å²) in [5.41, 5.74) is -0.0158. The van der Waals surface area contributed by atoms with Crippen molar-refractivity contribution >= 4 is 0 Å². The molecule has 0 saturated heterocycles. The summed E-state index contributed by atoms with van der Waals surface area (Å²) in [7, 11) is 0. The first kappa shape index (κ1) is 13.1. The van der Waals surface area contributed by atoms with Gasteiger partial charge in [-0.25, -0.2) is 8.78 Å². The van der Waals surface area contributed by atoms with E-state index < -0.39 is 17.7 Å². The van der Waals surface area contributed by atoms with Gasteiger partial charge in [-0.15, -0.1) is 0 Å². The van der Waals surface area contributed by atoms with Crippen LogP contribution in [0.5, 0.6) is 0 Å². The van der Waals surface area contributed by atoms with Crippen LogP contribution in [0, 0.1) is 17.6 Å². The van der Waals surface area contributed by atoms with Crippen LogP contribution in [0.15, 0.2) is 18.2 Å². The van der Waals surface area contributed by atoms with Crippen molar-refractivity contribution in [3.63, 3.8) is 0 Å². The van der Waals surface area contributed by atoms with Gasteiger partial charge in [0.2, 0.25) is 0 Å². The predicted molar refractivity (Wildman–Crippen MR) is 60.1 cm³/mol. The maximum atomic E-state index is 13.3. The van der Waals surface area contributed by atoms with Crippen LogP contribution in [0.1, 0.15) is 32.3 Å². The Morgan fingerprint density at radius 3 is 2.31 bits per heavy atom. The number of hydrogen-bond acceptors (Lipinski definition) is 1. The Labute approximate surface area is 95.1 Å². The number of aliphatic hydroxyl groups excluding tert-OH is 1. The lowest BCUT2D eigenvalue weighted by Crippen LogP contribution is -2.21. The van der Waals surface area contributed by atoms with Gasteiger partial charge in [-0.05, 0) is 24.5 Å². The number of halogens is 2. The van der Waals surface area contributed by atoms with E-state index in [1.165, 1.54) is 18.2 Å². The van der Waals surface area contributed by atoms with Gasteiger partial charge in [0, 0.05) is 12.0 Å². The molecule has 0 fully saturated rings. The van der Waals surface area contributed by atoms with Gasteiger partial charge in [0.05, 0.1) is 6.10 Å². The molecule has 0 spiro atoms. The Morgan fingerprint density at radius 1 is 1.25 bits per heavy atom. The molecule has 0 aliphatic heterocycles. The Balaban J connectivity index is 2.72. The quantitative estimate of drug-likeness (QED) is 0.819. The van der Waals surface area contributed by atoms with E-state index in [-0.39, 0.29) is 17.9 Å². The van der Waals surface area contributed by atoms with Gasteiger partial charge in [-0.2, -0.15) is 0 Å². The van der Waals surface area contributed by atoms with Crippen molar-refractivity contribution in [1.29, 1.82) is 0 Å². The number of aliphatic hydroxyl groups is 1. The predicted octanol–water partition coefficient (Wildman–Crippen LogP) is 3.30. The Morgan fingerprint density at radius 2 is 1.81 bits per heavy atom. The van der Waals surface area contributed by atoms with E-state index in [4.69, 9.17) is 0 Å². The van der Waals surface area contributed by atoms with Crippen molar-refractivity contribution in [3.8, 4) is 0 Å². The lowest BCUT2D eigenvalue weighted by atomic mass is 9.94. The zero-order valence-corrected chi connectivity index (χ0v) is 9.71. The third kappa shape index (κ3) is 3.27. The van der Waals surface area contributed by atoms with E-state index in [0.29, 0.717) is 0 Å². The second kappa shape index (κ2) is 5.94. The van der Waals surface area contributed by atoms with E-state index in [1.807, 2.05) is 13.8 Å². The van der Waals surface area contributed by atoms with Gasteiger partial charge in [-0.1, -0.05) is 26.3 Å². The van der Waals surface area contributed by atoms with Crippen molar-refractivity contribution in [1.82, 2.24) is 0 Å². The minimum Gasteiger partial charge on any atom is -0.393 e. The normalized spacial score (nSPS) is 14.8. The molecule has 0 bridgehead atoms. The minimum atomic E-state index is -0.689. The average Bonchev–Trinajstić information content (AvgIpc) is 2.23. The molecule has 1 rings (SSSR count). The fraction of sp³-hybridized carbons (Fsp3) is 0.538. The molecule has 1 N–H and O–H groups in total. The first-order valence-corrected chi connectivity index (χ1v) is 5.67. The highest BCUT2D eigenvalue weighted by Crippen LogP contribution is 2.19. The zero-order valence-electron chi connectivity index (χ0n) is 9.71. The molecule has 16 heavy (non-hydrogen) atoms. The molecule has 0 radical (unpaired) electrons. The molecule has 0 aliphatic carbocycles. The van der Waals surface area contributed by atoms with Crippen molar-refractivity contribution in [2.75, 3.05) is 0 Å². The van der Waals surface area contributed by atoms with E-state index in [1.54, 1.807) is 0 Å². The monoisotopic (exact) mass is 228 g/mol. The SMILES string of the molecule is CCCC(C)C(O)Cc1c(F)cccc1F. The Hall–Kier alpha value is -0.960. The Bertz CT molecular complexity index is 318. The summed E-state index contributed by atoms with van der Waals surface area (Å²) in [5.74, 6) is -1.10. The smallest absolute Gasteiger partial charge is 0.129 e. The summed E-state index contributed by atoms with van der Waals surface area (Å²) < 4.78 is 26.6. The van der Waals surface area contributed by atoms with Crippen molar-refractivity contribution < 1.29 is 13.9 Å². The van der Waals surface area contributed by atoms with Crippen LogP contribution in [-0.2, 0) is 6.42 Å². The third-order valence-corrected chi connectivity index (χ3v) is 2.88. The van der Waals surface area contributed by atoms with E-state index in [0.717, 1.165) is 12.8 Å². The van der Waals surface area contributed by atoms with Crippen LogP contribution < -0.4 is 0 Å². The molecule has 0 aliphatic rings. The zero-order chi connectivity index (χ0) is 12.1. The third-order valence-electron chi connectivity index (χ3n) is 2.88. The maximum absolute atomic E-state index is 13.3. The molecule has 3 heteroatoms. The molecular formula is C13H18F2O. The molecule has 1 aromatic carbocycles. The molecule has 0 amide bonds. The lowest BCUT2D eigenvalue weighted by Gasteiger charge is -2.18. The van der Waals surface area contributed by atoms with Gasteiger partial charge < -0.3 is 5.11 Å². The summed E-state index contributed by atoms with van der Waals surface area (Å²) in [6.45, 7) is 3.92.